The Morgan fingerprint density at radius 2 is 1.89 bits per heavy atom. The highest BCUT2D eigenvalue weighted by molar-refractivity contribution is 8.15. The first kappa shape index (κ1) is 19.8. The van der Waals surface area contributed by atoms with Crippen LogP contribution in [0.3, 0.4) is 0 Å². The standard InChI is InChI=1S/C20H27N3O3S2/c1-12-4-3-5-16(13(12)2)22-19(24)14-6-8-15(9-7-14)21-20-23-17-10-28(25,26)11-18(17)27-20/h6-9,12-13,16-18H,3-5,10-11H2,1-2H3,(H,21,23)(H,22,24)/t12-,13+,16+,17-,18+/m1/s1. The van der Waals surface area contributed by atoms with Gasteiger partial charge in [0, 0.05) is 22.5 Å². The van der Waals surface area contributed by atoms with Gasteiger partial charge in [-0.15, -0.1) is 0 Å². The average molecular weight is 422 g/mol. The van der Waals surface area contributed by atoms with Gasteiger partial charge in [-0.3, -0.25) is 9.79 Å². The fourth-order valence-electron chi connectivity index (χ4n) is 4.28. The summed E-state index contributed by atoms with van der Waals surface area (Å²) < 4.78 is 23.3. The largest absolute Gasteiger partial charge is 0.349 e. The Hall–Kier alpha value is -1.54. The van der Waals surface area contributed by atoms with Crippen molar-refractivity contribution in [1.82, 2.24) is 5.32 Å². The summed E-state index contributed by atoms with van der Waals surface area (Å²) in [6.07, 6.45) is 3.46. The molecule has 4 rings (SSSR count). The van der Waals surface area contributed by atoms with Gasteiger partial charge in [-0.2, -0.15) is 0 Å². The number of benzene rings is 1. The van der Waals surface area contributed by atoms with Crippen LogP contribution in [0.1, 0.15) is 43.5 Å². The molecule has 152 valence electrons. The molecular formula is C20H27N3O3S2. The van der Waals surface area contributed by atoms with Gasteiger partial charge < -0.3 is 10.6 Å². The van der Waals surface area contributed by atoms with Crippen molar-refractivity contribution in [2.75, 3.05) is 16.8 Å². The minimum absolute atomic E-state index is 0.0233. The van der Waals surface area contributed by atoms with Crippen molar-refractivity contribution in [1.29, 1.82) is 0 Å². The number of amides is 1. The predicted octanol–water partition coefficient (Wildman–Crippen LogP) is 2.92. The molecule has 5 atom stereocenters. The molecule has 2 aliphatic heterocycles. The number of carbonyl (C=O) groups excluding carboxylic acids is 1. The fraction of sp³-hybridized carbons (Fsp3) is 0.600. The number of amidine groups is 1. The minimum Gasteiger partial charge on any atom is -0.349 e. The van der Waals surface area contributed by atoms with Crippen molar-refractivity contribution in [2.24, 2.45) is 16.8 Å². The summed E-state index contributed by atoms with van der Waals surface area (Å²) in [5, 5.41) is 7.22. The van der Waals surface area contributed by atoms with E-state index < -0.39 is 9.84 Å². The van der Waals surface area contributed by atoms with Crippen LogP contribution in [0.4, 0.5) is 5.69 Å². The lowest BCUT2D eigenvalue weighted by Crippen LogP contribution is -2.43. The predicted molar refractivity (Wildman–Crippen MR) is 115 cm³/mol. The SMILES string of the molecule is C[C@H]1[C@H](C)CCC[C@@H]1NC(=O)c1ccc(NC2=N[C@@H]3CS(=O)(=O)C[C@@H]3S2)cc1. The molecule has 0 unspecified atom stereocenters. The molecule has 6 nitrogen and oxygen atoms in total. The van der Waals surface area contributed by atoms with Gasteiger partial charge in [0.25, 0.3) is 5.91 Å². The fourth-order valence-corrected chi connectivity index (χ4v) is 7.96. The van der Waals surface area contributed by atoms with Crippen LogP contribution in [0.5, 0.6) is 0 Å². The Balaban J connectivity index is 1.35. The van der Waals surface area contributed by atoms with Gasteiger partial charge >= 0.3 is 0 Å². The van der Waals surface area contributed by atoms with E-state index in [1.54, 1.807) is 0 Å². The van der Waals surface area contributed by atoms with E-state index in [0.717, 1.165) is 17.3 Å². The van der Waals surface area contributed by atoms with Gasteiger partial charge in [-0.05, 0) is 42.5 Å². The lowest BCUT2D eigenvalue weighted by Gasteiger charge is -2.34. The topological polar surface area (TPSA) is 87.6 Å². The molecule has 8 heteroatoms. The van der Waals surface area contributed by atoms with E-state index in [2.05, 4.69) is 29.5 Å². The molecule has 1 amide bonds. The molecule has 2 fully saturated rings. The Morgan fingerprint density at radius 1 is 1.14 bits per heavy atom. The van der Waals surface area contributed by atoms with Crippen LogP contribution < -0.4 is 10.6 Å². The van der Waals surface area contributed by atoms with Gasteiger partial charge in [0.05, 0.1) is 17.5 Å². The van der Waals surface area contributed by atoms with E-state index in [9.17, 15) is 13.2 Å². The quantitative estimate of drug-likeness (QED) is 0.784. The third-order valence-electron chi connectivity index (χ3n) is 6.24. The summed E-state index contributed by atoms with van der Waals surface area (Å²) in [4.78, 5) is 17.1. The van der Waals surface area contributed by atoms with Crippen LogP contribution in [0.25, 0.3) is 0 Å². The van der Waals surface area contributed by atoms with Crippen molar-refractivity contribution < 1.29 is 13.2 Å². The summed E-state index contributed by atoms with van der Waals surface area (Å²) in [5.41, 5.74) is 1.50. The number of rotatable bonds is 3. The van der Waals surface area contributed by atoms with Crippen LogP contribution >= 0.6 is 11.8 Å². The average Bonchev–Trinajstić information content (AvgIpc) is 3.12. The van der Waals surface area contributed by atoms with Gasteiger partial charge in [-0.25, -0.2) is 8.42 Å². The van der Waals surface area contributed by atoms with E-state index >= 15 is 0 Å². The van der Waals surface area contributed by atoms with E-state index in [-0.39, 0.29) is 34.7 Å². The molecule has 2 heterocycles. The maximum atomic E-state index is 12.6. The van der Waals surface area contributed by atoms with Crippen molar-refractivity contribution in [3.8, 4) is 0 Å². The third-order valence-corrected chi connectivity index (χ3v) is 9.38. The summed E-state index contributed by atoms with van der Waals surface area (Å²) in [6.45, 7) is 4.49. The van der Waals surface area contributed by atoms with Crippen molar-refractivity contribution >= 4 is 38.4 Å². The second kappa shape index (κ2) is 7.71. The molecule has 1 aromatic rings. The zero-order valence-electron chi connectivity index (χ0n) is 16.2. The number of anilines is 1. The summed E-state index contributed by atoms with van der Waals surface area (Å²) in [6, 6.07) is 7.49. The molecule has 0 radical (unpaired) electrons. The summed E-state index contributed by atoms with van der Waals surface area (Å²) in [5.74, 6) is 1.47. The van der Waals surface area contributed by atoms with Crippen LogP contribution in [0, 0.1) is 11.8 Å². The number of carbonyl (C=O) groups is 1. The molecule has 1 aromatic carbocycles. The summed E-state index contributed by atoms with van der Waals surface area (Å²) in [7, 11) is -2.94. The number of hydrogen-bond donors (Lipinski definition) is 2. The van der Waals surface area contributed by atoms with Crippen molar-refractivity contribution in [3.05, 3.63) is 29.8 Å². The van der Waals surface area contributed by atoms with Gasteiger partial charge in [-0.1, -0.05) is 38.5 Å². The van der Waals surface area contributed by atoms with E-state index in [1.165, 1.54) is 24.6 Å². The van der Waals surface area contributed by atoms with Gasteiger partial charge in [0.2, 0.25) is 0 Å². The molecule has 28 heavy (non-hydrogen) atoms. The first-order valence-electron chi connectivity index (χ1n) is 9.93. The Morgan fingerprint density at radius 3 is 2.61 bits per heavy atom. The van der Waals surface area contributed by atoms with Gasteiger partial charge in [0.15, 0.2) is 15.0 Å². The van der Waals surface area contributed by atoms with Crippen LogP contribution in [-0.2, 0) is 9.84 Å². The highest BCUT2D eigenvalue weighted by Crippen LogP contribution is 2.34. The Labute approximate surface area is 170 Å². The molecule has 2 N–H and O–H groups in total. The number of aliphatic imine (C=N–C) groups is 1. The molecule has 3 aliphatic rings. The lowest BCUT2D eigenvalue weighted by atomic mass is 9.78. The highest BCUT2D eigenvalue weighted by Gasteiger charge is 2.42. The van der Waals surface area contributed by atoms with E-state index in [4.69, 9.17) is 0 Å². The highest BCUT2D eigenvalue weighted by atomic mass is 32.2. The maximum Gasteiger partial charge on any atom is 0.251 e. The second-order valence-electron chi connectivity index (χ2n) is 8.28. The Bertz CT molecular complexity index is 882. The van der Waals surface area contributed by atoms with Crippen molar-refractivity contribution in [2.45, 2.75) is 50.4 Å². The molecule has 1 aliphatic carbocycles. The third kappa shape index (κ3) is 4.22. The zero-order chi connectivity index (χ0) is 19.9. The van der Waals surface area contributed by atoms with E-state index in [1.807, 2.05) is 24.3 Å². The monoisotopic (exact) mass is 421 g/mol. The minimum atomic E-state index is -2.94. The maximum absolute atomic E-state index is 12.6. The van der Waals surface area contributed by atoms with Crippen LogP contribution in [0.2, 0.25) is 0 Å². The molecular weight excluding hydrogens is 394 g/mol. The Kier molecular flexibility index (Phi) is 5.44. The first-order chi connectivity index (χ1) is 13.3. The molecule has 1 saturated heterocycles. The zero-order valence-corrected chi connectivity index (χ0v) is 17.9. The number of thioether (sulfide) groups is 1. The lowest BCUT2D eigenvalue weighted by molar-refractivity contribution is 0.0891. The van der Waals surface area contributed by atoms with Crippen LogP contribution in [-0.4, -0.2) is 48.3 Å². The molecule has 1 saturated carbocycles. The second-order valence-corrected chi connectivity index (χ2v) is 11.7. The first-order valence-corrected chi connectivity index (χ1v) is 12.6. The van der Waals surface area contributed by atoms with Crippen LogP contribution in [0.15, 0.2) is 29.3 Å². The number of nitrogens with zero attached hydrogens (tertiary/aromatic N) is 1. The van der Waals surface area contributed by atoms with Gasteiger partial charge in [0.1, 0.15) is 0 Å². The van der Waals surface area contributed by atoms with E-state index in [0.29, 0.717) is 17.4 Å². The number of fused-ring (bicyclic) bond motifs is 1. The summed E-state index contributed by atoms with van der Waals surface area (Å²) >= 11 is 1.49. The number of sulfone groups is 1. The molecule has 0 spiro atoms. The number of nitrogens with one attached hydrogen (secondary N) is 2. The molecule has 0 bridgehead atoms. The molecule has 0 aromatic heterocycles. The van der Waals surface area contributed by atoms with Crippen molar-refractivity contribution in [3.63, 3.8) is 0 Å². The number of hydrogen-bond acceptors (Lipinski definition) is 6. The normalized spacial score (nSPS) is 33.8. The smallest absolute Gasteiger partial charge is 0.251 e.